The second kappa shape index (κ2) is 10.0. The Bertz CT molecular complexity index is 799. The lowest BCUT2D eigenvalue weighted by molar-refractivity contribution is 0.0841. The topological polar surface area (TPSA) is 54.5 Å². The van der Waals surface area contributed by atoms with Gasteiger partial charge in [-0.25, -0.2) is 4.79 Å². The number of amides is 2. The summed E-state index contributed by atoms with van der Waals surface area (Å²) < 4.78 is 5.74. The van der Waals surface area contributed by atoms with Crippen molar-refractivity contribution in [2.75, 3.05) is 19.7 Å². The molecule has 5 heteroatoms. The van der Waals surface area contributed by atoms with Crippen molar-refractivity contribution < 1.29 is 9.53 Å². The minimum absolute atomic E-state index is 0.0758. The maximum absolute atomic E-state index is 12.8. The molecule has 0 radical (unpaired) electrons. The molecule has 1 saturated heterocycles. The fourth-order valence-corrected chi connectivity index (χ4v) is 3.35. The Labute approximate surface area is 167 Å². The van der Waals surface area contributed by atoms with Crippen LogP contribution in [0.3, 0.4) is 0 Å². The first-order chi connectivity index (χ1) is 13.6. The zero-order valence-corrected chi connectivity index (χ0v) is 16.7. The molecule has 148 valence electrons. The van der Waals surface area contributed by atoms with Crippen LogP contribution >= 0.6 is 0 Å². The predicted molar refractivity (Wildman–Crippen MR) is 112 cm³/mol. The third-order valence-electron chi connectivity index (χ3n) is 4.96. The number of carbonyl (C=O) groups is 1. The Hall–Kier alpha value is -2.66. The average Bonchev–Trinajstić information content (AvgIpc) is 3.20. The molecule has 2 heterocycles. The van der Waals surface area contributed by atoms with Gasteiger partial charge in [-0.1, -0.05) is 42.5 Å². The molecule has 1 fully saturated rings. The summed E-state index contributed by atoms with van der Waals surface area (Å²) in [5.74, 6) is 0. The van der Waals surface area contributed by atoms with Gasteiger partial charge in [0.05, 0.1) is 6.10 Å². The van der Waals surface area contributed by atoms with Gasteiger partial charge in [0.15, 0.2) is 0 Å². The lowest BCUT2D eigenvalue weighted by atomic mass is 10.1. The minimum atomic E-state index is -0.0758. The highest BCUT2D eigenvalue weighted by atomic mass is 16.5. The molecule has 0 spiro atoms. The summed E-state index contributed by atoms with van der Waals surface area (Å²) in [6, 6.07) is 12.1. The molecular weight excluding hydrogens is 350 g/mol. The van der Waals surface area contributed by atoms with E-state index in [4.69, 9.17) is 4.74 Å². The van der Waals surface area contributed by atoms with E-state index in [-0.39, 0.29) is 12.1 Å². The molecule has 1 N–H and O–H groups in total. The van der Waals surface area contributed by atoms with Gasteiger partial charge in [0, 0.05) is 38.1 Å². The largest absolute Gasteiger partial charge is 0.376 e. The van der Waals surface area contributed by atoms with E-state index in [2.05, 4.69) is 10.3 Å². The van der Waals surface area contributed by atoms with E-state index in [1.54, 1.807) is 0 Å². The first kappa shape index (κ1) is 20.1. The highest BCUT2D eigenvalue weighted by Gasteiger charge is 2.22. The Balaban J connectivity index is 1.61. The molecule has 5 nitrogen and oxygen atoms in total. The summed E-state index contributed by atoms with van der Waals surface area (Å²) >= 11 is 0. The summed E-state index contributed by atoms with van der Waals surface area (Å²) in [4.78, 5) is 19.0. The molecule has 3 rings (SSSR count). The van der Waals surface area contributed by atoms with Crippen LogP contribution in [0.1, 0.15) is 35.2 Å². The van der Waals surface area contributed by atoms with E-state index in [1.807, 2.05) is 73.5 Å². The Morgan fingerprint density at radius 2 is 2.14 bits per heavy atom. The van der Waals surface area contributed by atoms with Crippen LogP contribution in [0, 0.1) is 13.8 Å². The van der Waals surface area contributed by atoms with Crippen LogP contribution in [0.25, 0.3) is 6.08 Å². The maximum Gasteiger partial charge on any atom is 0.318 e. The summed E-state index contributed by atoms with van der Waals surface area (Å²) in [7, 11) is 0. The third-order valence-corrected chi connectivity index (χ3v) is 4.96. The molecule has 1 aromatic heterocycles. The normalized spacial score (nSPS) is 16.4. The van der Waals surface area contributed by atoms with Crippen LogP contribution in [0.2, 0.25) is 0 Å². The number of nitrogens with one attached hydrogen (secondary N) is 1. The molecule has 0 saturated carbocycles. The van der Waals surface area contributed by atoms with E-state index >= 15 is 0 Å². The fraction of sp³-hybridized carbons (Fsp3) is 0.391. The van der Waals surface area contributed by atoms with Crippen molar-refractivity contribution in [2.45, 2.75) is 39.3 Å². The number of urea groups is 1. The molecule has 0 aliphatic carbocycles. The summed E-state index contributed by atoms with van der Waals surface area (Å²) in [6.45, 7) is 6.43. The van der Waals surface area contributed by atoms with E-state index in [0.29, 0.717) is 19.6 Å². The minimum Gasteiger partial charge on any atom is -0.376 e. The molecule has 1 aromatic carbocycles. The van der Waals surface area contributed by atoms with Crippen molar-refractivity contribution in [1.82, 2.24) is 15.2 Å². The van der Waals surface area contributed by atoms with Gasteiger partial charge < -0.3 is 15.0 Å². The van der Waals surface area contributed by atoms with E-state index in [1.165, 1.54) is 0 Å². The second-order valence-electron chi connectivity index (χ2n) is 7.26. The zero-order valence-electron chi connectivity index (χ0n) is 16.7. The van der Waals surface area contributed by atoms with Gasteiger partial charge in [0.2, 0.25) is 0 Å². The number of nitrogens with zero attached hydrogens (tertiary/aromatic N) is 2. The molecule has 2 amide bonds. The van der Waals surface area contributed by atoms with Crippen LogP contribution in [0.4, 0.5) is 4.79 Å². The lowest BCUT2D eigenvalue weighted by Crippen LogP contribution is -2.43. The van der Waals surface area contributed by atoms with Crippen molar-refractivity contribution in [3.05, 3.63) is 71.1 Å². The molecule has 1 aliphatic rings. The summed E-state index contributed by atoms with van der Waals surface area (Å²) in [5.41, 5.74) is 4.29. The highest BCUT2D eigenvalue weighted by molar-refractivity contribution is 5.74. The Morgan fingerprint density at radius 1 is 1.32 bits per heavy atom. The quantitative estimate of drug-likeness (QED) is 0.788. The van der Waals surface area contributed by atoms with Crippen LogP contribution in [-0.4, -0.2) is 41.7 Å². The summed E-state index contributed by atoms with van der Waals surface area (Å²) in [5, 5.41) is 3.04. The lowest BCUT2D eigenvalue weighted by Gasteiger charge is -2.25. The number of aromatic nitrogens is 1. The second-order valence-corrected chi connectivity index (χ2v) is 7.26. The third kappa shape index (κ3) is 5.92. The molecule has 2 aromatic rings. The zero-order chi connectivity index (χ0) is 19.8. The molecule has 1 atom stereocenters. The smallest absolute Gasteiger partial charge is 0.318 e. The Morgan fingerprint density at radius 3 is 2.86 bits per heavy atom. The van der Waals surface area contributed by atoms with Crippen LogP contribution < -0.4 is 5.32 Å². The van der Waals surface area contributed by atoms with Crippen LogP contribution in [0.5, 0.6) is 0 Å². The van der Waals surface area contributed by atoms with Crippen molar-refractivity contribution in [3.8, 4) is 0 Å². The standard InChI is InChI=1S/C23H29N3O2/c1-18-14-19(2)24-15-21(18)16-25-23(27)26(17-22-11-7-13-28-22)12-6-10-20-8-4-3-5-9-20/h3-6,8-10,14-15,22H,7,11-13,16-17H2,1-2H3,(H,25,27)/b10-6+/t22-/m0/s1. The van der Waals surface area contributed by atoms with E-state index in [9.17, 15) is 4.79 Å². The molecular formula is C23H29N3O2. The maximum atomic E-state index is 12.8. The SMILES string of the molecule is Cc1cc(C)c(CNC(=O)N(C/C=C/c2ccccc2)C[C@@H]2CCCO2)cn1. The van der Waals surface area contributed by atoms with Crippen molar-refractivity contribution in [1.29, 1.82) is 0 Å². The van der Waals surface area contributed by atoms with Crippen LogP contribution in [0.15, 0.2) is 48.7 Å². The van der Waals surface area contributed by atoms with Gasteiger partial charge in [0.25, 0.3) is 0 Å². The monoisotopic (exact) mass is 379 g/mol. The molecule has 1 aliphatic heterocycles. The number of carbonyl (C=O) groups excluding carboxylic acids is 1. The average molecular weight is 380 g/mol. The number of hydrogen-bond acceptors (Lipinski definition) is 3. The molecule has 0 bridgehead atoms. The number of benzene rings is 1. The summed E-state index contributed by atoms with van der Waals surface area (Å²) in [6.07, 6.45) is 8.11. The van der Waals surface area contributed by atoms with Crippen molar-refractivity contribution >= 4 is 12.1 Å². The van der Waals surface area contributed by atoms with Crippen molar-refractivity contribution in [3.63, 3.8) is 0 Å². The number of aryl methyl sites for hydroxylation is 2. The van der Waals surface area contributed by atoms with Gasteiger partial charge in [-0.05, 0) is 49.4 Å². The van der Waals surface area contributed by atoms with E-state index in [0.717, 1.165) is 41.8 Å². The fourth-order valence-electron chi connectivity index (χ4n) is 3.35. The van der Waals surface area contributed by atoms with Gasteiger partial charge in [-0.15, -0.1) is 0 Å². The van der Waals surface area contributed by atoms with E-state index < -0.39 is 0 Å². The van der Waals surface area contributed by atoms with Gasteiger partial charge in [0.1, 0.15) is 0 Å². The molecule has 28 heavy (non-hydrogen) atoms. The first-order valence-corrected chi connectivity index (χ1v) is 9.90. The van der Waals surface area contributed by atoms with Gasteiger partial charge in [-0.3, -0.25) is 4.98 Å². The number of rotatable bonds is 7. The van der Waals surface area contributed by atoms with Gasteiger partial charge in [-0.2, -0.15) is 0 Å². The predicted octanol–water partition coefficient (Wildman–Crippen LogP) is 4.10. The highest BCUT2D eigenvalue weighted by Crippen LogP contribution is 2.14. The number of pyridine rings is 1. The Kier molecular flexibility index (Phi) is 7.20. The van der Waals surface area contributed by atoms with Gasteiger partial charge >= 0.3 is 6.03 Å². The van der Waals surface area contributed by atoms with Crippen LogP contribution in [-0.2, 0) is 11.3 Å². The number of ether oxygens (including phenoxy) is 1. The van der Waals surface area contributed by atoms with Crippen molar-refractivity contribution in [2.24, 2.45) is 0 Å². The number of hydrogen-bond donors (Lipinski definition) is 1. The molecule has 0 unspecified atom stereocenters. The first-order valence-electron chi connectivity index (χ1n) is 9.90.